The lowest BCUT2D eigenvalue weighted by Gasteiger charge is -2.17. The van der Waals surface area contributed by atoms with Crippen LogP contribution >= 0.6 is 0 Å². The number of nitrogens with one attached hydrogen (secondary N) is 2. The molecule has 0 aliphatic carbocycles. The van der Waals surface area contributed by atoms with Gasteiger partial charge in [0.25, 0.3) is 0 Å². The highest BCUT2D eigenvalue weighted by Gasteiger charge is 2.11. The number of hydrogen-bond donors (Lipinski definition) is 2. The Hall–Kier alpha value is -3.48. The van der Waals surface area contributed by atoms with E-state index in [0.29, 0.717) is 19.2 Å². The Balaban J connectivity index is 1.40. The van der Waals surface area contributed by atoms with Gasteiger partial charge in [-0.15, -0.1) is 0 Å². The van der Waals surface area contributed by atoms with Crippen LogP contribution in [0.3, 0.4) is 0 Å². The third-order valence-corrected chi connectivity index (χ3v) is 6.20. The van der Waals surface area contributed by atoms with Gasteiger partial charge >= 0.3 is 0 Å². The van der Waals surface area contributed by atoms with Gasteiger partial charge in [0.05, 0.1) is 18.9 Å². The molecule has 6 nitrogen and oxygen atoms in total. The summed E-state index contributed by atoms with van der Waals surface area (Å²) in [6.45, 7) is 9.73. The third-order valence-electron chi connectivity index (χ3n) is 6.20. The van der Waals surface area contributed by atoms with Gasteiger partial charge in [-0.25, -0.2) is 9.97 Å². The van der Waals surface area contributed by atoms with E-state index in [4.69, 9.17) is 9.72 Å². The molecule has 0 unspecified atom stereocenters. The number of fused-ring (bicyclic) bond motifs is 7. The maximum Gasteiger partial charge on any atom is 0.227 e. The molecule has 174 valence electrons. The fourth-order valence-corrected chi connectivity index (χ4v) is 4.43. The van der Waals surface area contributed by atoms with Gasteiger partial charge in [0, 0.05) is 36.2 Å². The molecule has 0 saturated carbocycles. The number of rotatable bonds is 5. The van der Waals surface area contributed by atoms with Crippen LogP contribution in [0.25, 0.3) is 23.0 Å². The Morgan fingerprint density at radius 2 is 2.03 bits per heavy atom. The number of benzene rings is 2. The van der Waals surface area contributed by atoms with Crippen molar-refractivity contribution in [1.82, 2.24) is 20.2 Å². The molecule has 0 radical (unpaired) electrons. The summed E-state index contributed by atoms with van der Waals surface area (Å²) in [5.74, 6) is 0.564. The van der Waals surface area contributed by atoms with E-state index in [2.05, 4.69) is 69.6 Å². The molecule has 0 amide bonds. The Morgan fingerprint density at radius 3 is 2.94 bits per heavy atom. The smallest absolute Gasteiger partial charge is 0.227 e. The summed E-state index contributed by atoms with van der Waals surface area (Å²) in [4.78, 5) is 11.7. The molecule has 5 rings (SSSR count). The summed E-state index contributed by atoms with van der Waals surface area (Å²) < 4.78 is 5.89. The third kappa shape index (κ3) is 5.71. The largest absolute Gasteiger partial charge is 0.384 e. The first-order valence-corrected chi connectivity index (χ1v) is 12.0. The summed E-state index contributed by atoms with van der Waals surface area (Å²) in [5, 5.41) is 6.90. The lowest BCUT2D eigenvalue weighted by Crippen LogP contribution is -2.29. The number of anilines is 2. The first-order valence-electron chi connectivity index (χ1n) is 12.0. The van der Waals surface area contributed by atoms with Crippen molar-refractivity contribution >= 4 is 23.4 Å². The number of hydrogen-bond acceptors (Lipinski definition) is 6. The van der Waals surface area contributed by atoms with Gasteiger partial charge in [0.15, 0.2) is 0 Å². The fourth-order valence-electron chi connectivity index (χ4n) is 4.43. The Bertz CT molecular complexity index is 1180. The minimum Gasteiger partial charge on any atom is -0.384 e. The van der Waals surface area contributed by atoms with Gasteiger partial charge in [-0.3, -0.25) is 0 Å². The Kier molecular flexibility index (Phi) is 6.98. The number of ether oxygens (including phenoxy) is 1. The van der Waals surface area contributed by atoms with Crippen LogP contribution in [0.1, 0.15) is 29.5 Å². The lowest BCUT2D eigenvalue weighted by molar-refractivity contribution is 0.149. The molecule has 0 atom stereocenters. The molecule has 1 saturated heterocycles. The molecule has 3 aromatic rings. The molecule has 0 spiro atoms. The highest BCUT2D eigenvalue weighted by atomic mass is 16.5. The predicted molar refractivity (Wildman–Crippen MR) is 139 cm³/mol. The Labute approximate surface area is 201 Å². The van der Waals surface area contributed by atoms with Crippen molar-refractivity contribution in [3.05, 3.63) is 84.1 Å². The van der Waals surface area contributed by atoms with Crippen LogP contribution in [0.4, 0.5) is 11.6 Å². The van der Waals surface area contributed by atoms with Gasteiger partial charge < -0.3 is 20.3 Å². The summed E-state index contributed by atoms with van der Waals surface area (Å²) in [6.07, 6.45) is 8.53. The maximum atomic E-state index is 5.89. The highest BCUT2D eigenvalue weighted by molar-refractivity contribution is 5.72. The summed E-state index contributed by atoms with van der Waals surface area (Å²) >= 11 is 0. The van der Waals surface area contributed by atoms with Crippen LogP contribution in [0.15, 0.2) is 67.4 Å². The van der Waals surface area contributed by atoms with Crippen molar-refractivity contribution in [2.45, 2.75) is 19.4 Å². The minimum atomic E-state index is 0.541. The zero-order valence-electron chi connectivity index (χ0n) is 19.5. The molecule has 1 aromatic heterocycles. The highest BCUT2D eigenvalue weighted by Crippen LogP contribution is 2.25. The van der Waals surface area contributed by atoms with Crippen molar-refractivity contribution in [2.24, 2.45) is 0 Å². The van der Waals surface area contributed by atoms with E-state index in [9.17, 15) is 0 Å². The lowest BCUT2D eigenvalue weighted by atomic mass is 10.1. The fraction of sp³-hybridized carbons (Fsp3) is 0.286. The SMILES string of the molecule is C=C(NCCN1CCCC1)c1cc2cc(c1)Nc1nccc(n1)-c1cccc(c1)COC/C=C/2. The zero-order chi connectivity index (χ0) is 23.2. The van der Waals surface area contributed by atoms with Crippen molar-refractivity contribution < 1.29 is 4.74 Å². The van der Waals surface area contributed by atoms with Crippen LogP contribution < -0.4 is 10.6 Å². The average molecular weight is 454 g/mol. The van der Waals surface area contributed by atoms with Crippen LogP contribution in [-0.2, 0) is 11.3 Å². The van der Waals surface area contributed by atoms with E-state index < -0.39 is 0 Å². The van der Waals surface area contributed by atoms with Crippen LogP contribution in [0, 0.1) is 0 Å². The van der Waals surface area contributed by atoms with Gasteiger partial charge in [0.2, 0.25) is 5.95 Å². The molecule has 3 heterocycles. The summed E-state index contributed by atoms with van der Waals surface area (Å²) in [6, 6.07) is 16.5. The van der Waals surface area contributed by atoms with Crippen LogP contribution in [0.5, 0.6) is 0 Å². The molecule has 1 fully saturated rings. The molecule has 2 aromatic carbocycles. The second kappa shape index (κ2) is 10.6. The van der Waals surface area contributed by atoms with Crippen LogP contribution in [0.2, 0.25) is 0 Å². The monoisotopic (exact) mass is 453 g/mol. The molecule has 2 aliphatic rings. The average Bonchev–Trinajstić information content (AvgIpc) is 3.37. The molecular weight excluding hydrogens is 422 g/mol. The number of likely N-dealkylation sites (tertiary alicyclic amines) is 1. The van der Waals surface area contributed by atoms with Crippen molar-refractivity contribution in [1.29, 1.82) is 0 Å². The van der Waals surface area contributed by atoms with Crippen molar-refractivity contribution in [2.75, 3.05) is 38.1 Å². The van der Waals surface area contributed by atoms with E-state index in [-0.39, 0.29) is 0 Å². The molecule has 6 heteroatoms. The molecule has 2 N–H and O–H groups in total. The topological polar surface area (TPSA) is 62.3 Å². The first-order chi connectivity index (χ1) is 16.7. The van der Waals surface area contributed by atoms with Gasteiger partial charge in [-0.2, -0.15) is 0 Å². The zero-order valence-corrected chi connectivity index (χ0v) is 19.5. The Morgan fingerprint density at radius 1 is 1.12 bits per heavy atom. The van der Waals surface area contributed by atoms with Gasteiger partial charge in [0.1, 0.15) is 0 Å². The standard InChI is InChI=1S/C28H31N5O/c1-21(29-11-14-33-12-2-3-13-33)25-16-22-7-5-15-34-20-23-6-4-8-24(17-23)27-9-10-30-28(32-27)31-26(18-22)19-25/h4-10,16-19,29H,1-3,11-15,20H2,(H,30,31,32)/b7-5+. The quantitative estimate of drug-likeness (QED) is 0.561. The van der Waals surface area contributed by atoms with Crippen molar-refractivity contribution in [3.63, 3.8) is 0 Å². The van der Waals surface area contributed by atoms with E-state index in [1.807, 2.05) is 18.2 Å². The van der Waals surface area contributed by atoms with E-state index >= 15 is 0 Å². The molecule has 6 bridgehead atoms. The summed E-state index contributed by atoms with van der Waals surface area (Å²) in [7, 11) is 0. The second-order valence-corrected chi connectivity index (χ2v) is 8.81. The normalized spacial score (nSPS) is 16.7. The van der Waals surface area contributed by atoms with Gasteiger partial charge in [-0.05, 0) is 73.0 Å². The minimum absolute atomic E-state index is 0.541. The van der Waals surface area contributed by atoms with Crippen molar-refractivity contribution in [3.8, 4) is 11.3 Å². The first kappa shape index (κ1) is 22.3. The van der Waals surface area contributed by atoms with E-state index in [1.165, 1.54) is 25.9 Å². The molecular formula is C28H31N5O. The maximum absolute atomic E-state index is 5.89. The predicted octanol–water partition coefficient (Wildman–Crippen LogP) is 5.09. The van der Waals surface area contributed by atoms with Crippen LogP contribution in [-0.4, -0.2) is 47.7 Å². The number of aromatic nitrogens is 2. The molecule has 2 aliphatic heterocycles. The molecule has 34 heavy (non-hydrogen) atoms. The van der Waals surface area contributed by atoms with Gasteiger partial charge in [-0.1, -0.05) is 36.9 Å². The van der Waals surface area contributed by atoms with E-state index in [0.717, 1.165) is 52.4 Å². The number of nitrogens with zero attached hydrogens (tertiary/aromatic N) is 3. The second-order valence-electron chi connectivity index (χ2n) is 8.81. The summed E-state index contributed by atoms with van der Waals surface area (Å²) in [5.41, 5.74) is 6.97. The van der Waals surface area contributed by atoms with E-state index in [1.54, 1.807) is 6.20 Å².